The van der Waals surface area contributed by atoms with Gasteiger partial charge in [-0.3, -0.25) is 0 Å². The van der Waals surface area contributed by atoms with E-state index in [4.69, 9.17) is 11.6 Å². The first-order valence-electron chi connectivity index (χ1n) is 6.24. The first kappa shape index (κ1) is 15.7. The molecule has 1 atom stereocenters. The molecule has 2 N–H and O–H groups in total. The van der Waals surface area contributed by atoms with E-state index in [9.17, 15) is 18.3 Å². The van der Waals surface area contributed by atoms with Crippen LogP contribution < -0.4 is 5.32 Å². The van der Waals surface area contributed by atoms with Gasteiger partial charge in [0.15, 0.2) is 0 Å². The van der Waals surface area contributed by atoms with Gasteiger partial charge in [0.25, 0.3) is 0 Å². The molecule has 0 aliphatic carbocycles. The van der Waals surface area contributed by atoms with Crippen LogP contribution in [0, 0.1) is 0 Å². The van der Waals surface area contributed by atoms with Crippen LogP contribution in [0.5, 0.6) is 0 Å². The molecule has 0 saturated carbocycles. The summed E-state index contributed by atoms with van der Waals surface area (Å²) >= 11 is 5.49. The number of halogens is 4. The van der Waals surface area contributed by atoms with Gasteiger partial charge < -0.3 is 15.0 Å². The Morgan fingerprint density at radius 1 is 1.24 bits per heavy atom. The maximum atomic E-state index is 12.8. The van der Waals surface area contributed by atoms with Gasteiger partial charge in [-0.2, -0.15) is 13.2 Å². The number of nitrogens with zero attached hydrogens (tertiary/aromatic N) is 1. The summed E-state index contributed by atoms with van der Waals surface area (Å²) in [4.78, 5) is 0. The average Bonchev–Trinajstić information content (AvgIpc) is 2.97. The van der Waals surface area contributed by atoms with Crippen LogP contribution >= 0.6 is 11.6 Å². The van der Waals surface area contributed by atoms with Crippen molar-refractivity contribution in [1.82, 2.24) is 4.57 Å². The summed E-state index contributed by atoms with van der Waals surface area (Å²) in [5.74, 6) is 0.00478. The Balaban J connectivity index is 2.36. The van der Waals surface area contributed by atoms with E-state index in [-0.39, 0.29) is 18.1 Å². The Morgan fingerprint density at radius 3 is 2.48 bits per heavy atom. The zero-order valence-corrected chi connectivity index (χ0v) is 11.7. The molecule has 1 heterocycles. The highest BCUT2D eigenvalue weighted by atomic mass is 35.5. The second kappa shape index (κ2) is 6.41. The third-order valence-corrected chi connectivity index (χ3v) is 3.27. The number of benzene rings is 1. The van der Waals surface area contributed by atoms with Gasteiger partial charge in [0, 0.05) is 18.9 Å². The summed E-state index contributed by atoms with van der Waals surface area (Å²) in [7, 11) is 0. The number of hydrogen-bond acceptors (Lipinski definition) is 2. The molecule has 2 aromatic rings. The van der Waals surface area contributed by atoms with Crippen molar-refractivity contribution in [2.45, 2.75) is 12.3 Å². The first-order chi connectivity index (χ1) is 9.91. The molecule has 0 spiro atoms. The minimum atomic E-state index is -4.42. The minimum Gasteiger partial charge on any atom is -0.390 e. The van der Waals surface area contributed by atoms with Crippen molar-refractivity contribution in [2.75, 3.05) is 17.7 Å². The van der Waals surface area contributed by atoms with Gasteiger partial charge >= 0.3 is 6.18 Å². The Morgan fingerprint density at radius 2 is 1.90 bits per heavy atom. The molecule has 1 unspecified atom stereocenters. The Bertz CT molecular complexity index is 584. The molecule has 0 amide bonds. The number of aromatic nitrogens is 1. The molecule has 1 aromatic carbocycles. The quantitative estimate of drug-likeness (QED) is 0.828. The summed E-state index contributed by atoms with van der Waals surface area (Å²) in [5.41, 5.74) is 0.0984. The van der Waals surface area contributed by atoms with E-state index in [1.54, 1.807) is 29.1 Å². The van der Waals surface area contributed by atoms with Crippen LogP contribution in [-0.4, -0.2) is 28.2 Å². The topological polar surface area (TPSA) is 37.2 Å². The van der Waals surface area contributed by atoms with E-state index < -0.39 is 17.8 Å². The van der Waals surface area contributed by atoms with E-state index in [0.717, 1.165) is 12.1 Å². The third kappa shape index (κ3) is 3.92. The van der Waals surface area contributed by atoms with Crippen LogP contribution in [0.3, 0.4) is 0 Å². The second-order valence-corrected chi connectivity index (χ2v) is 4.82. The summed E-state index contributed by atoms with van der Waals surface area (Å²) in [5, 5.41) is 12.3. The monoisotopic (exact) mass is 318 g/mol. The zero-order chi connectivity index (χ0) is 15.5. The van der Waals surface area contributed by atoms with Crippen LogP contribution in [0.15, 0.2) is 42.7 Å². The Labute approximate surface area is 125 Å². The molecule has 1 aromatic heterocycles. The van der Waals surface area contributed by atoms with Gasteiger partial charge in [-0.05, 0) is 30.3 Å². The summed E-state index contributed by atoms with van der Waals surface area (Å²) < 4.78 is 40.1. The summed E-state index contributed by atoms with van der Waals surface area (Å²) in [6.45, 7) is 0.0685. The number of aliphatic hydroxyl groups excluding tert-OH is 1. The Kier molecular flexibility index (Phi) is 4.80. The van der Waals surface area contributed by atoms with Gasteiger partial charge in [-0.15, -0.1) is 11.6 Å². The molecular weight excluding hydrogens is 305 g/mol. The molecule has 0 bridgehead atoms. The SMILES string of the molecule is OC(CCl)CNc1cc(C(F)(F)F)ccc1-n1cccc1. The van der Waals surface area contributed by atoms with Gasteiger partial charge in [-0.25, -0.2) is 0 Å². The van der Waals surface area contributed by atoms with Gasteiger partial charge in [-0.1, -0.05) is 0 Å². The molecule has 3 nitrogen and oxygen atoms in total. The molecule has 0 fully saturated rings. The second-order valence-electron chi connectivity index (χ2n) is 4.51. The van der Waals surface area contributed by atoms with E-state index >= 15 is 0 Å². The van der Waals surface area contributed by atoms with Crippen LogP contribution in [0.1, 0.15) is 5.56 Å². The van der Waals surface area contributed by atoms with Crippen molar-refractivity contribution in [3.05, 3.63) is 48.3 Å². The maximum Gasteiger partial charge on any atom is 0.416 e. The van der Waals surface area contributed by atoms with E-state index in [2.05, 4.69) is 5.32 Å². The number of alkyl halides is 4. The van der Waals surface area contributed by atoms with Crippen LogP contribution in [0.25, 0.3) is 5.69 Å². The minimum absolute atomic E-state index is 0.00478. The molecule has 0 radical (unpaired) electrons. The lowest BCUT2D eigenvalue weighted by molar-refractivity contribution is -0.137. The van der Waals surface area contributed by atoms with E-state index in [0.29, 0.717) is 5.69 Å². The molecule has 0 aliphatic rings. The molecular formula is C14H14ClF3N2O. The normalized spacial score (nSPS) is 13.2. The molecule has 0 aliphatic heterocycles. The largest absolute Gasteiger partial charge is 0.416 e. The molecule has 114 valence electrons. The first-order valence-corrected chi connectivity index (χ1v) is 6.78. The molecule has 21 heavy (non-hydrogen) atoms. The number of hydrogen-bond donors (Lipinski definition) is 2. The standard InChI is InChI=1S/C14H14ClF3N2O/c15-8-11(21)9-19-12-7-10(14(16,17)18)3-4-13(12)20-5-1-2-6-20/h1-7,11,19,21H,8-9H2. The predicted octanol–water partition coefficient (Wildman–Crippen LogP) is 3.51. The number of rotatable bonds is 5. The smallest absolute Gasteiger partial charge is 0.390 e. The summed E-state index contributed by atoms with van der Waals surface area (Å²) in [6, 6.07) is 6.98. The average molecular weight is 319 g/mol. The number of nitrogens with one attached hydrogen (secondary N) is 1. The fraction of sp³-hybridized carbons (Fsp3) is 0.286. The van der Waals surface area contributed by atoms with Crippen molar-refractivity contribution in [3.8, 4) is 5.69 Å². The molecule has 7 heteroatoms. The predicted molar refractivity (Wildman–Crippen MR) is 76.0 cm³/mol. The highest BCUT2D eigenvalue weighted by Gasteiger charge is 2.31. The summed E-state index contributed by atoms with van der Waals surface area (Å²) in [6.07, 6.45) is -1.80. The van der Waals surface area contributed by atoms with E-state index in [1.165, 1.54) is 6.07 Å². The van der Waals surface area contributed by atoms with Crippen LogP contribution in [-0.2, 0) is 6.18 Å². The van der Waals surface area contributed by atoms with Crippen molar-refractivity contribution < 1.29 is 18.3 Å². The zero-order valence-electron chi connectivity index (χ0n) is 10.9. The van der Waals surface area contributed by atoms with Crippen molar-refractivity contribution in [2.24, 2.45) is 0 Å². The van der Waals surface area contributed by atoms with Crippen molar-refractivity contribution in [1.29, 1.82) is 0 Å². The van der Waals surface area contributed by atoms with Gasteiger partial charge in [0.1, 0.15) is 0 Å². The number of aliphatic hydroxyl groups is 1. The highest BCUT2D eigenvalue weighted by Crippen LogP contribution is 2.33. The van der Waals surface area contributed by atoms with Crippen molar-refractivity contribution >= 4 is 17.3 Å². The van der Waals surface area contributed by atoms with Crippen LogP contribution in [0.4, 0.5) is 18.9 Å². The lowest BCUT2D eigenvalue weighted by Gasteiger charge is -2.17. The fourth-order valence-corrected chi connectivity index (χ4v) is 1.97. The van der Waals surface area contributed by atoms with Gasteiger partial charge in [0.2, 0.25) is 0 Å². The maximum absolute atomic E-state index is 12.8. The lowest BCUT2D eigenvalue weighted by atomic mass is 10.1. The van der Waals surface area contributed by atoms with Crippen molar-refractivity contribution in [3.63, 3.8) is 0 Å². The number of anilines is 1. The lowest BCUT2D eigenvalue weighted by Crippen LogP contribution is -2.21. The highest BCUT2D eigenvalue weighted by molar-refractivity contribution is 6.18. The molecule has 2 rings (SSSR count). The van der Waals surface area contributed by atoms with Gasteiger partial charge in [0.05, 0.1) is 28.9 Å². The van der Waals surface area contributed by atoms with Crippen LogP contribution in [0.2, 0.25) is 0 Å². The molecule has 0 saturated heterocycles. The van der Waals surface area contributed by atoms with E-state index in [1.807, 2.05) is 0 Å². The fourth-order valence-electron chi connectivity index (χ4n) is 1.86. The Hall–Kier alpha value is -1.66. The third-order valence-electron chi connectivity index (χ3n) is 2.91.